The Hall–Kier alpha value is -1.59. The van der Waals surface area contributed by atoms with Gasteiger partial charge in [0.25, 0.3) is 0 Å². The molecule has 26 heavy (non-hydrogen) atoms. The zero-order valence-corrected chi connectivity index (χ0v) is 17.2. The number of rotatable bonds is 6. The molecule has 0 aromatic heterocycles. The molecule has 0 N–H and O–H groups in total. The van der Waals surface area contributed by atoms with Crippen LogP contribution in [0.15, 0.2) is 18.2 Å². The largest absolute Gasteiger partial charge is 0.492 e. The Morgan fingerprint density at radius 1 is 1.19 bits per heavy atom. The number of carbonyl (C=O) groups is 1. The molecule has 1 saturated heterocycles. The first kappa shape index (κ1) is 20.7. The van der Waals surface area contributed by atoms with Gasteiger partial charge in [0, 0.05) is 38.8 Å². The number of piperazine rings is 1. The molecule has 0 spiro atoms. The van der Waals surface area contributed by atoms with Crippen molar-refractivity contribution in [3.63, 3.8) is 0 Å². The molecule has 5 heteroatoms. The number of carbonyl (C=O) groups excluding carboxylic acids is 1. The van der Waals surface area contributed by atoms with Crippen LogP contribution in [0.5, 0.6) is 5.75 Å². The van der Waals surface area contributed by atoms with Crippen molar-refractivity contribution >= 4 is 5.97 Å². The quantitative estimate of drug-likeness (QED) is 0.727. The molecule has 5 nitrogen and oxygen atoms in total. The maximum atomic E-state index is 11.6. The molecule has 1 heterocycles. The Kier molecular flexibility index (Phi) is 7.07. The van der Waals surface area contributed by atoms with E-state index in [1.807, 2.05) is 19.1 Å². The van der Waals surface area contributed by atoms with Crippen LogP contribution < -0.4 is 4.74 Å². The fourth-order valence-corrected chi connectivity index (χ4v) is 3.26. The lowest BCUT2D eigenvalue weighted by atomic mass is 9.86. The molecule has 0 saturated carbocycles. The molecule has 1 aliphatic heterocycles. The van der Waals surface area contributed by atoms with E-state index in [9.17, 15) is 4.79 Å². The maximum Gasteiger partial charge on any atom is 0.337 e. The molecule has 0 amide bonds. The van der Waals surface area contributed by atoms with Gasteiger partial charge in [0.2, 0.25) is 0 Å². The number of aryl methyl sites for hydroxylation is 1. The van der Waals surface area contributed by atoms with Gasteiger partial charge in [-0.15, -0.1) is 0 Å². The van der Waals surface area contributed by atoms with E-state index in [-0.39, 0.29) is 5.97 Å². The van der Waals surface area contributed by atoms with Crippen molar-refractivity contribution in [1.29, 1.82) is 0 Å². The van der Waals surface area contributed by atoms with Crippen molar-refractivity contribution < 1.29 is 14.3 Å². The van der Waals surface area contributed by atoms with E-state index in [1.54, 1.807) is 6.07 Å². The van der Waals surface area contributed by atoms with Crippen molar-refractivity contribution in [3.05, 3.63) is 29.3 Å². The summed E-state index contributed by atoms with van der Waals surface area (Å²) < 4.78 is 10.7. The van der Waals surface area contributed by atoms with E-state index >= 15 is 0 Å². The zero-order valence-electron chi connectivity index (χ0n) is 17.2. The SMILES string of the molecule is COC(=O)c1ccc(OCCN2CCN(C(C)C(C)(C)C)CC2)c(C)c1. The normalized spacial score (nSPS) is 17.8. The minimum absolute atomic E-state index is 0.318. The molecule has 1 aliphatic rings. The van der Waals surface area contributed by atoms with Gasteiger partial charge in [0.05, 0.1) is 12.7 Å². The predicted octanol–water partition coefficient (Wildman–Crippen LogP) is 3.21. The van der Waals surface area contributed by atoms with Crippen LogP contribution in [-0.4, -0.2) is 68.3 Å². The Balaban J connectivity index is 1.77. The fourth-order valence-electron chi connectivity index (χ4n) is 3.26. The molecule has 2 rings (SSSR count). The summed E-state index contributed by atoms with van der Waals surface area (Å²) in [6.07, 6.45) is 0. The Labute approximate surface area is 158 Å². The van der Waals surface area contributed by atoms with E-state index in [0.29, 0.717) is 23.6 Å². The number of hydrogen-bond donors (Lipinski definition) is 0. The van der Waals surface area contributed by atoms with Crippen LogP contribution in [0, 0.1) is 12.3 Å². The monoisotopic (exact) mass is 362 g/mol. The third kappa shape index (κ3) is 5.45. The molecular weight excluding hydrogens is 328 g/mol. The highest BCUT2D eigenvalue weighted by atomic mass is 16.5. The fraction of sp³-hybridized carbons (Fsp3) is 0.667. The summed E-state index contributed by atoms with van der Waals surface area (Å²) in [5.41, 5.74) is 1.83. The summed E-state index contributed by atoms with van der Waals surface area (Å²) >= 11 is 0. The topological polar surface area (TPSA) is 42.0 Å². The minimum Gasteiger partial charge on any atom is -0.492 e. The van der Waals surface area contributed by atoms with E-state index in [0.717, 1.165) is 44.0 Å². The highest BCUT2D eigenvalue weighted by molar-refractivity contribution is 5.89. The lowest BCUT2D eigenvalue weighted by Gasteiger charge is -2.43. The molecule has 0 radical (unpaired) electrons. The molecule has 146 valence electrons. The minimum atomic E-state index is -0.318. The van der Waals surface area contributed by atoms with E-state index in [4.69, 9.17) is 9.47 Å². The van der Waals surface area contributed by atoms with Crippen molar-refractivity contribution in [3.8, 4) is 5.75 Å². The van der Waals surface area contributed by atoms with Crippen molar-refractivity contribution in [1.82, 2.24) is 9.80 Å². The van der Waals surface area contributed by atoms with Crippen LogP contribution in [-0.2, 0) is 4.74 Å². The van der Waals surface area contributed by atoms with Gasteiger partial charge in [-0.05, 0) is 43.0 Å². The van der Waals surface area contributed by atoms with Crippen molar-refractivity contribution in [2.24, 2.45) is 5.41 Å². The molecule has 1 unspecified atom stereocenters. The van der Waals surface area contributed by atoms with Crippen LogP contribution in [0.4, 0.5) is 0 Å². The summed E-state index contributed by atoms with van der Waals surface area (Å²) in [4.78, 5) is 16.6. The number of benzene rings is 1. The molecule has 1 atom stereocenters. The Morgan fingerprint density at radius 3 is 2.38 bits per heavy atom. The lowest BCUT2D eigenvalue weighted by molar-refractivity contribution is 0.0500. The number of nitrogens with zero attached hydrogens (tertiary/aromatic N) is 2. The summed E-state index contributed by atoms with van der Waals surface area (Å²) in [5.74, 6) is 0.514. The van der Waals surface area contributed by atoms with Crippen molar-refractivity contribution in [2.75, 3.05) is 46.4 Å². The van der Waals surface area contributed by atoms with Gasteiger partial charge in [-0.3, -0.25) is 9.80 Å². The first-order chi connectivity index (χ1) is 12.2. The second-order valence-electron chi connectivity index (χ2n) is 8.24. The van der Waals surface area contributed by atoms with E-state index in [2.05, 4.69) is 37.5 Å². The highest BCUT2D eigenvalue weighted by Crippen LogP contribution is 2.25. The van der Waals surface area contributed by atoms with E-state index in [1.165, 1.54) is 7.11 Å². The van der Waals surface area contributed by atoms with Gasteiger partial charge in [-0.2, -0.15) is 0 Å². The van der Waals surface area contributed by atoms with Gasteiger partial charge in [0.1, 0.15) is 12.4 Å². The highest BCUT2D eigenvalue weighted by Gasteiger charge is 2.28. The summed E-state index contributed by atoms with van der Waals surface area (Å²) in [5, 5.41) is 0. The standard InChI is InChI=1S/C21H34N2O3/c1-16-15-18(20(24)25-6)7-8-19(16)26-14-13-22-9-11-23(12-10-22)17(2)21(3,4)5/h7-8,15,17H,9-14H2,1-6H3. The number of ether oxygens (including phenoxy) is 2. The lowest BCUT2D eigenvalue weighted by Crippen LogP contribution is -2.53. The number of hydrogen-bond acceptors (Lipinski definition) is 5. The second kappa shape index (κ2) is 8.87. The zero-order chi connectivity index (χ0) is 19.3. The van der Waals surface area contributed by atoms with Gasteiger partial charge >= 0.3 is 5.97 Å². The first-order valence-electron chi connectivity index (χ1n) is 9.50. The molecule has 0 aliphatic carbocycles. The third-order valence-corrected chi connectivity index (χ3v) is 5.47. The van der Waals surface area contributed by atoms with Gasteiger partial charge in [-0.25, -0.2) is 4.79 Å². The smallest absolute Gasteiger partial charge is 0.337 e. The molecule has 0 bridgehead atoms. The van der Waals surface area contributed by atoms with Crippen LogP contribution >= 0.6 is 0 Å². The van der Waals surface area contributed by atoms with Crippen LogP contribution in [0.1, 0.15) is 43.6 Å². The van der Waals surface area contributed by atoms with Gasteiger partial charge in [0.15, 0.2) is 0 Å². The summed E-state index contributed by atoms with van der Waals surface area (Å²) in [7, 11) is 1.39. The third-order valence-electron chi connectivity index (χ3n) is 5.47. The van der Waals surface area contributed by atoms with Crippen LogP contribution in [0.3, 0.4) is 0 Å². The maximum absolute atomic E-state index is 11.6. The molecule has 1 fully saturated rings. The second-order valence-corrected chi connectivity index (χ2v) is 8.24. The average molecular weight is 363 g/mol. The average Bonchev–Trinajstić information content (AvgIpc) is 2.61. The van der Waals surface area contributed by atoms with Gasteiger partial charge < -0.3 is 9.47 Å². The summed E-state index contributed by atoms with van der Waals surface area (Å²) in [6, 6.07) is 6.01. The predicted molar refractivity (Wildman–Crippen MR) is 105 cm³/mol. The Morgan fingerprint density at radius 2 is 1.85 bits per heavy atom. The molecule has 1 aromatic carbocycles. The van der Waals surface area contributed by atoms with Crippen LogP contribution in [0.2, 0.25) is 0 Å². The summed E-state index contributed by atoms with van der Waals surface area (Å²) in [6.45, 7) is 17.2. The van der Waals surface area contributed by atoms with Gasteiger partial charge in [-0.1, -0.05) is 20.8 Å². The van der Waals surface area contributed by atoms with E-state index < -0.39 is 0 Å². The van der Waals surface area contributed by atoms with Crippen LogP contribution in [0.25, 0.3) is 0 Å². The Bertz CT molecular complexity index is 602. The van der Waals surface area contributed by atoms with Crippen molar-refractivity contribution in [2.45, 2.75) is 40.7 Å². The molecular formula is C21H34N2O3. The first-order valence-corrected chi connectivity index (χ1v) is 9.50. The number of methoxy groups -OCH3 is 1. The molecule has 1 aromatic rings. The number of esters is 1.